The second-order valence-electron chi connectivity index (χ2n) is 4.74. The Labute approximate surface area is 121 Å². The normalized spacial score (nSPS) is 10.6. The van der Waals surface area contributed by atoms with Crippen molar-refractivity contribution in [2.45, 2.75) is 20.8 Å². The second kappa shape index (κ2) is 5.21. The van der Waals surface area contributed by atoms with Crippen LogP contribution in [0, 0.1) is 26.6 Å². The Morgan fingerprint density at radius 3 is 2.16 bits per heavy atom. The standard InChI is InChI=1S/C15H16BrFN2/c1-8-6-14(13(18)7-12(8)17)19-11-4-9(2)15(16)10(3)5-11/h4-7,19H,18H2,1-3H3. The Balaban J connectivity index is 2.39. The molecule has 100 valence electrons. The van der Waals surface area contributed by atoms with Gasteiger partial charge in [0.25, 0.3) is 0 Å². The number of nitrogens with one attached hydrogen (secondary N) is 1. The Hall–Kier alpha value is -1.55. The Morgan fingerprint density at radius 1 is 1.00 bits per heavy atom. The van der Waals surface area contributed by atoms with E-state index in [1.54, 1.807) is 13.0 Å². The summed E-state index contributed by atoms with van der Waals surface area (Å²) in [4.78, 5) is 0. The Bertz CT molecular complexity index is 615. The smallest absolute Gasteiger partial charge is 0.128 e. The fraction of sp³-hybridized carbons (Fsp3) is 0.200. The molecule has 2 aromatic rings. The molecule has 0 heterocycles. The van der Waals surface area contributed by atoms with Gasteiger partial charge in [-0.3, -0.25) is 0 Å². The van der Waals surface area contributed by atoms with E-state index in [4.69, 9.17) is 5.73 Å². The van der Waals surface area contributed by atoms with Crippen molar-refractivity contribution in [1.29, 1.82) is 0 Å². The zero-order valence-electron chi connectivity index (χ0n) is 11.1. The molecule has 19 heavy (non-hydrogen) atoms. The number of aryl methyl sites for hydroxylation is 3. The first-order valence-electron chi connectivity index (χ1n) is 5.98. The topological polar surface area (TPSA) is 38.0 Å². The maximum Gasteiger partial charge on any atom is 0.128 e. The SMILES string of the molecule is Cc1cc(Nc2cc(C)c(Br)c(C)c2)c(N)cc1F. The highest BCUT2D eigenvalue weighted by atomic mass is 79.9. The lowest BCUT2D eigenvalue weighted by atomic mass is 10.1. The largest absolute Gasteiger partial charge is 0.397 e. The number of anilines is 3. The first kappa shape index (κ1) is 13.9. The lowest BCUT2D eigenvalue weighted by Crippen LogP contribution is -1.99. The summed E-state index contributed by atoms with van der Waals surface area (Å²) in [7, 11) is 0. The summed E-state index contributed by atoms with van der Waals surface area (Å²) < 4.78 is 14.5. The Morgan fingerprint density at radius 2 is 1.58 bits per heavy atom. The molecule has 0 unspecified atom stereocenters. The average Bonchev–Trinajstić information content (AvgIpc) is 2.33. The van der Waals surface area contributed by atoms with Gasteiger partial charge < -0.3 is 11.1 Å². The molecule has 2 nitrogen and oxygen atoms in total. The molecule has 0 atom stereocenters. The first-order chi connectivity index (χ1) is 8.88. The summed E-state index contributed by atoms with van der Waals surface area (Å²) in [5.41, 5.74) is 10.7. The molecule has 0 spiro atoms. The molecule has 0 bridgehead atoms. The third kappa shape index (κ3) is 2.89. The van der Waals surface area contributed by atoms with Gasteiger partial charge in [-0.15, -0.1) is 0 Å². The third-order valence-corrected chi connectivity index (χ3v) is 4.30. The van der Waals surface area contributed by atoms with Crippen molar-refractivity contribution < 1.29 is 4.39 Å². The van der Waals surface area contributed by atoms with Gasteiger partial charge in [-0.2, -0.15) is 0 Å². The van der Waals surface area contributed by atoms with Gasteiger partial charge in [0.2, 0.25) is 0 Å². The van der Waals surface area contributed by atoms with E-state index in [0.717, 1.165) is 27.0 Å². The van der Waals surface area contributed by atoms with Crippen LogP contribution >= 0.6 is 15.9 Å². The van der Waals surface area contributed by atoms with E-state index in [1.165, 1.54) is 6.07 Å². The van der Waals surface area contributed by atoms with Crippen molar-refractivity contribution in [3.63, 3.8) is 0 Å². The highest BCUT2D eigenvalue weighted by molar-refractivity contribution is 9.10. The van der Waals surface area contributed by atoms with Gasteiger partial charge in [0, 0.05) is 10.2 Å². The van der Waals surface area contributed by atoms with Crippen LogP contribution in [0.2, 0.25) is 0 Å². The van der Waals surface area contributed by atoms with Crippen molar-refractivity contribution in [3.8, 4) is 0 Å². The number of halogens is 2. The molecule has 0 fully saturated rings. The zero-order chi connectivity index (χ0) is 14.2. The van der Waals surface area contributed by atoms with Gasteiger partial charge in [-0.1, -0.05) is 15.9 Å². The Kier molecular flexibility index (Phi) is 3.80. The van der Waals surface area contributed by atoms with Crippen molar-refractivity contribution >= 4 is 33.0 Å². The predicted molar refractivity (Wildman–Crippen MR) is 82.4 cm³/mol. The van der Waals surface area contributed by atoms with Gasteiger partial charge in [0.15, 0.2) is 0 Å². The van der Waals surface area contributed by atoms with Crippen LogP contribution in [-0.2, 0) is 0 Å². The van der Waals surface area contributed by atoms with Crippen LogP contribution in [0.15, 0.2) is 28.7 Å². The van der Waals surface area contributed by atoms with Crippen LogP contribution in [0.25, 0.3) is 0 Å². The number of nitrogen functional groups attached to an aromatic ring is 1. The fourth-order valence-electron chi connectivity index (χ4n) is 1.98. The number of benzene rings is 2. The molecule has 0 aliphatic heterocycles. The minimum atomic E-state index is -0.286. The van der Waals surface area contributed by atoms with E-state index >= 15 is 0 Å². The molecular weight excluding hydrogens is 307 g/mol. The molecule has 4 heteroatoms. The number of rotatable bonds is 2. The lowest BCUT2D eigenvalue weighted by Gasteiger charge is -2.13. The minimum absolute atomic E-state index is 0.286. The summed E-state index contributed by atoms with van der Waals surface area (Å²) in [6, 6.07) is 7.11. The van der Waals surface area contributed by atoms with Crippen LogP contribution in [0.3, 0.4) is 0 Å². The van der Waals surface area contributed by atoms with Crippen LogP contribution in [0.1, 0.15) is 16.7 Å². The highest BCUT2D eigenvalue weighted by Gasteiger charge is 2.07. The van der Waals surface area contributed by atoms with Crippen molar-refractivity contribution in [2.24, 2.45) is 0 Å². The molecule has 0 aromatic heterocycles. The maximum atomic E-state index is 13.4. The molecule has 0 saturated heterocycles. The maximum absolute atomic E-state index is 13.4. The molecule has 0 saturated carbocycles. The van der Waals surface area contributed by atoms with Crippen molar-refractivity contribution in [1.82, 2.24) is 0 Å². The third-order valence-electron chi connectivity index (χ3n) is 3.05. The first-order valence-corrected chi connectivity index (χ1v) is 6.77. The predicted octanol–water partition coefficient (Wildman–Crippen LogP) is 4.84. The quantitative estimate of drug-likeness (QED) is 0.776. The van der Waals surface area contributed by atoms with E-state index < -0.39 is 0 Å². The van der Waals surface area contributed by atoms with E-state index in [-0.39, 0.29) is 5.82 Å². The van der Waals surface area contributed by atoms with E-state index in [9.17, 15) is 4.39 Å². The van der Waals surface area contributed by atoms with Gasteiger partial charge in [-0.25, -0.2) is 4.39 Å². The summed E-state index contributed by atoms with van der Waals surface area (Å²) in [5, 5.41) is 3.24. The molecule has 0 amide bonds. The number of hydrogen-bond donors (Lipinski definition) is 2. The highest BCUT2D eigenvalue weighted by Crippen LogP contribution is 2.30. The average molecular weight is 323 g/mol. The van der Waals surface area contributed by atoms with Crippen LogP contribution < -0.4 is 11.1 Å². The van der Waals surface area contributed by atoms with Gasteiger partial charge >= 0.3 is 0 Å². The summed E-state index contributed by atoms with van der Waals surface area (Å²) in [6.07, 6.45) is 0. The molecule has 3 N–H and O–H groups in total. The van der Waals surface area contributed by atoms with Crippen molar-refractivity contribution in [3.05, 3.63) is 51.2 Å². The van der Waals surface area contributed by atoms with Crippen LogP contribution in [0.5, 0.6) is 0 Å². The monoisotopic (exact) mass is 322 g/mol. The van der Waals surface area contributed by atoms with E-state index in [1.807, 2.05) is 26.0 Å². The van der Waals surface area contributed by atoms with E-state index in [0.29, 0.717) is 11.3 Å². The summed E-state index contributed by atoms with van der Waals surface area (Å²) in [5.74, 6) is -0.286. The van der Waals surface area contributed by atoms with Crippen molar-refractivity contribution in [2.75, 3.05) is 11.1 Å². The molecule has 0 radical (unpaired) electrons. The molecule has 0 aliphatic rings. The van der Waals surface area contributed by atoms with Gasteiger partial charge in [0.05, 0.1) is 11.4 Å². The number of nitrogens with two attached hydrogens (primary N) is 1. The second-order valence-corrected chi connectivity index (χ2v) is 5.53. The molecule has 0 aliphatic carbocycles. The van der Waals surface area contributed by atoms with Gasteiger partial charge in [0.1, 0.15) is 5.82 Å². The van der Waals surface area contributed by atoms with Gasteiger partial charge in [-0.05, 0) is 61.7 Å². The zero-order valence-corrected chi connectivity index (χ0v) is 12.7. The van der Waals surface area contributed by atoms with Crippen LogP contribution in [0.4, 0.5) is 21.5 Å². The fourth-order valence-corrected chi connectivity index (χ4v) is 2.21. The summed E-state index contributed by atoms with van der Waals surface area (Å²) in [6.45, 7) is 5.78. The molecule has 2 rings (SSSR count). The van der Waals surface area contributed by atoms with Crippen LogP contribution in [-0.4, -0.2) is 0 Å². The number of hydrogen-bond acceptors (Lipinski definition) is 2. The molecule has 2 aromatic carbocycles. The molecular formula is C15H16BrFN2. The van der Waals surface area contributed by atoms with E-state index in [2.05, 4.69) is 21.2 Å². The minimum Gasteiger partial charge on any atom is -0.397 e. The lowest BCUT2D eigenvalue weighted by molar-refractivity contribution is 0.619. The summed E-state index contributed by atoms with van der Waals surface area (Å²) >= 11 is 3.53.